The van der Waals surface area contributed by atoms with Crippen LogP contribution in [-0.4, -0.2) is 43.1 Å². The number of rotatable bonds is 7. The molecule has 0 atom stereocenters. The minimum absolute atomic E-state index is 0.139. The van der Waals surface area contributed by atoms with E-state index in [1.165, 1.54) is 5.56 Å². The Kier molecular flexibility index (Phi) is 20.8. The van der Waals surface area contributed by atoms with Crippen LogP contribution in [0, 0.1) is 0 Å². The highest BCUT2D eigenvalue weighted by Crippen LogP contribution is 2.00. The topological polar surface area (TPSA) is 78.5 Å². The number of hydrogen-bond donors (Lipinski definition) is 4. The molecule has 0 saturated heterocycles. The summed E-state index contributed by atoms with van der Waals surface area (Å²) in [6.07, 6.45) is 2.20. The Morgan fingerprint density at radius 2 is 1.53 bits per heavy atom. The van der Waals surface area contributed by atoms with Gasteiger partial charge in [-0.1, -0.05) is 44.2 Å². The number of benzene rings is 1. The maximum atomic E-state index is 8.15. The summed E-state index contributed by atoms with van der Waals surface area (Å²) < 4.78 is 0. The van der Waals surface area contributed by atoms with Crippen LogP contribution in [0.1, 0.15) is 25.8 Å². The minimum Gasteiger partial charge on any atom is -0.395 e. The molecule has 0 aliphatic heterocycles. The van der Waals surface area contributed by atoms with Gasteiger partial charge in [0.2, 0.25) is 0 Å². The van der Waals surface area contributed by atoms with Gasteiger partial charge in [0, 0.05) is 13.1 Å². The van der Waals surface area contributed by atoms with Crippen LogP contribution in [0.25, 0.3) is 0 Å². The lowest BCUT2D eigenvalue weighted by Crippen LogP contribution is -2.21. The molecule has 5 N–H and O–H groups in total. The van der Waals surface area contributed by atoms with Gasteiger partial charge in [0.05, 0.1) is 13.2 Å². The van der Waals surface area contributed by atoms with Gasteiger partial charge >= 0.3 is 0 Å². The molecule has 0 heterocycles. The van der Waals surface area contributed by atoms with Gasteiger partial charge in [0.15, 0.2) is 0 Å². The van der Waals surface area contributed by atoms with Crippen LogP contribution in [0.5, 0.6) is 0 Å². The van der Waals surface area contributed by atoms with Crippen LogP contribution in [0.3, 0.4) is 0 Å². The number of hydrogen-bond acceptors (Lipinski definition) is 4. The van der Waals surface area contributed by atoms with Crippen molar-refractivity contribution >= 4 is 0 Å². The van der Waals surface area contributed by atoms with Gasteiger partial charge in [-0.3, -0.25) is 0 Å². The molecule has 0 saturated carbocycles. The monoisotopic (exact) mass is 270 g/mol. The summed E-state index contributed by atoms with van der Waals surface area (Å²) in [5.74, 6) is 0. The molecule has 0 fully saturated rings. The predicted octanol–water partition coefficient (Wildman–Crippen LogP) is 1.16. The van der Waals surface area contributed by atoms with E-state index in [1.54, 1.807) is 0 Å². The molecule has 0 spiro atoms. The summed E-state index contributed by atoms with van der Waals surface area (Å²) in [5.41, 5.74) is 6.76. The van der Waals surface area contributed by atoms with Gasteiger partial charge in [-0.2, -0.15) is 0 Å². The molecule has 0 aromatic heterocycles. The standard InChI is InChI=1S/C9H13N.C4H11NO2.C2H6/c10-8-4-7-9-5-2-1-3-6-9;6-3-1-5-2-4-7;1-2/h1-3,5-6H,4,7-8,10H2;5-7H,1-4H2;1-2H3. The van der Waals surface area contributed by atoms with Crippen molar-refractivity contribution in [3.63, 3.8) is 0 Å². The largest absolute Gasteiger partial charge is 0.395 e. The van der Waals surface area contributed by atoms with Crippen molar-refractivity contribution < 1.29 is 10.2 Å². The lowest BCUT2D eigenvalue weighted by Gasteiger charge is -1.96. The highest BCUT2D eigenvalue weighted by molar-refractivity contribution is 5.14. The van der Waals surface area contributed by atoms with Crippen molar-refractivity contribution in [1.82, 2.24) is 5.32 Å². The molecule has 0 unspecified atom stereocenters. The van der Waals surface area contributed by atoms with Crippen molar-refractivity contribution in [3.05, 3.63) is 35.9 Å². The van der Waals surface area contributed by atoms with Crippen LogP contribution in [0.2, 0.25) is 0 Å². The molecule has 0 aliphatic carbocycles. The van der Waals surface area contributed by atoms with Crippen molar-refractivity contribution in [2.75, 3.05) is 32.8 Å². The van der Waals surface area contributed by atoms with Gasteiger partial charge < -0.3 is 21.3 Å². The molecule has 0 aliphatic rings. The van der Waals surface area contributed by atoms with E-state index in [0.29, 0.717) is 13.1 Å². The van der Waals surface area contributed by atoms with Gasteiger partial charge in [-0.25, -0.2) is 0 Å². The molecule has 19 heavy (non-hydrogen) atoms. The first kappa shape index (κ1) is 20.4. The summed E-state index contributed by atoms with van der Waals surface area (Å²) in [5, 5.41) is 19.1. The Hall–Kier alpha value is -0.940. The maximum absolute atomic E-state index is 8.15. The molecule has 0 bridgehead atoms. The Morgan fingerprint density at radius 1 is 1.00 bits per heavy atom. The fourth-order valence-corrected chi connectivity index (χ4v) is 1.23. The van der Waals surface area contributed by atoms with E-state index in [-0.39, 0.29) is 13.2 Å². The molecule has 0 amide bonds. The average Bonchev–Trinajstić information content (AvgIpc) is 2.49. The third kappa shape index (κ3) is 17.1. The van der Waals surface area contributed by atoms with Crippen LogP contribution in [0.15, 0.2) is 30.3 Å². The molecule has 112 valence electrons. The van der Waals surface area contributed by atoms with Crippen molar-refractivity contribution in [2.45, 2.75) is 26.7 Å². The number of nitrogens with two attached hydrogens (primary N) is 1. The summed E-state index contributed by atoms with van der Waals surface area (Å²) in [6.45, 7) is 6.20. The molecular weight excluding hydrogens is 240 g/mol. The van der Waals surface area contributed by atoms with Crippen LogP contribution >= 0.6 is 0 Å². The van der Waals surface area contributed by atoms with Crippen molar-refractivity contribution in [1.29, 1.82) is 0 Å². The first-order valence-corrected chi connectivity index (χ1v) is 7.01. The Morgan fingerprint density at radius 3 is 1.95 bits per heavy atom. The third-order valence-corrected chi connectivity index (χ3v) is 2.09. The van der Waals surface area contributed by atoms with Crippen LogP contribution in [0.4, 0.5) is 0 Å². The molecule has 4 nitrogen and oxygen atoms in total. The highest BCUT2D eigenvalue weighted by Gasteiger charge is 1.87. The second-order valence-corrected chi connectivity index (χ2v) is 3.58. The third-order valence-electron chi connectivity index (χ3n) is 2.09. The van der Waals surface area contributed by atoms with Gasteiger partial charge in [0.1, 0.15) is 0 Å². The number of nitrogens with one attached hydrogen (secondary N) is 1. The number of aliphatic hydroxyl groups excluding tert-OH is 2. The van der Waals surface area contributed by atoms with Crippen LogP contribution in [-0.2, 0) is 6.42 Å². The number of aryl methyl sites for hydroxylation is 1. The second kappa shape index (κ2) is 19.4. The smallest absolute Gasteiger partial charge is 0.0555 e. The summed E-state index contributed by atoms with van der Waals surface area (Å²) in [6, 6.07) is 10.4. The van der Waals surface area contributed by atoms with E-state index in [0.717, 1.165) is 19.4 Å². The molecule has 4 heteroatoms. The fraction of sp³-hybridized carbons (Fsp3) is 0.600. The predicted molar refractivity (Wildman–Crippen MR) is 82.2 cm³/mol. The molecule has 1 aromatic carbocycles. The Balaban J connectivity index is 0. The van der Waals surface area contributed by atoms with E-state index >= 15 is 0 Å². The van der Waals surface area contributed by atoms with Gasteiger partial charge in [0.25, 0.3) is 0 Å². The zero-order valence-corrected chi connectivity index (χ0v) is 12.3. The minimum atomic E-state index is 0.139. The van der Waals surface area contributed by atoms with Crippen LogP contribution < -0.4 is 11.1 Å². The molecule has 1 rings (SSSR count). The van der Waals surface area contributed by atoms with E-state index < -0.39 is 0 Å². The Bertz CT molecular complexity index is 239. The lowest BCUT2D eigenvalue weighted by atomic mass is 10.1. The summed E-state index contributed by atoms with van der Waals surface area (Å²) in [4.78, 5) is 0. The van der Waals surface area contributed by atoms with Crippen molar-refractivity contribution in [3.8, 4) is 0 Å². The quantitative estimate of drug-likeness (QED) is 0.561. The van der Waals surface area contributed by atoms with Crippen molar-refractivity contribution in [2.24, 2.45) is 5.73 Å². The maximum Gasteiger partial charge on any atom is 0.0555 e. The Labute approximate surface area is 117 Å². The molecular formula is C15H30N2O2. The summed E-state index contributed by atoms with van der Waals surface area (Å²) in [7, 11) is 0. The van der Waals surface area contributed by atoms with E-state index in [9.17, 15) is 0 Å². The first-order chi connectivity index (χ1) is 9.35. The molecule has 0 radical (unpaired) electrons. The highest BCUT2D eigenvalue weighted by atomic mass is 16.3. The lowest BCUT2D eigenvalue weighted by molar-refractivity contribution is 0.267. The van der Waals surface area contributed by atoms with E-state index in [4.69, 9.17) is 15.9 Å². The summed E-state index contributed by atoms with van der Waals surface area (Å²) >= 11 is 0. The van der Waals surface area contributed by atoms with E-state index in [1.807, 2.05) is 19.9 Å². The van der Waals surface area contributed by atoms with Gasteiger partial charge in [-0.05, 0) is 24.9 Å². The van der Waals surface area contributed by atoms with Gasteiger partial charge in [-0.15, -0.1) is 0 Å². The number of aliphatic hydroxyl groups is 2. The molecule has 1 aromatic rings. The normalized spacial score (nSPS) is 8.89. The zero-order chi connectivity index (χ0) is 14.8. The second-order valence-electron chi connectivity index (χ2n) is 3.58. The zero-order valence-electron chi connectivity index (χ0n) is 12.3. The van der Waals surface area contributed by atoms with E-state index in [2.05, 4.69) is 29.6 Å². The fourth-order valence-electron chi connectivity index (χ4n) is 1.23. The average molecular weight is 270 g/mol. The first-order valence-electron chi connectivity index (χ1n) is 7.01. The SMILES string of the molecule is CC.NCCCc1ccccc1.OCCNCCO.